The Balaban J connectivity index is -0.0000000412. The number of rotatable bonds is 2. The average molecular weight is 357 g/mol. The molecule has 0 aliphatic heterocycles. The summed E-state index contributed by atoms with van der Waals surface area (Å²) in [5.74, 6) is 0. The summed E-state index contributed by atoms with van der Waals surface area (Å²) in [6, 6.07) is 0. The SMILES string of the molecule is C=CC(C)=CC.C[N-]C.C[N-]C.C[N-]C.[CH-]=C(C)C=C(C)C.[Ti+4]. The molecule has 0 amide bonds. The van der Waals surface area contributed by atoms with Crippen LogP contribution in [0.2, 0.25) is 0 Å². The fourth-order valence-electron chi connectivity index (χ4n) is 0.573. The van der Waals surface area contributed by atoms with Gasteiger partial charge in [-0.15, -0.1) is 0 Å². The van der Waals surface area contributed by atoms with Crippen molar-refractivity contribution in [2.24, 2.45) is 0 Å². The van der Waals surface area contributed by atoms with E-state index in [2.05, 4.69) is 22.5 Å². The summed E-state index contributed by atoms with van der Waals surface area (Å²) in [7, 11) is 10.5. The number of allylic oxidation sites excluding steroid dienone is 6. The molecule has 0 aromatic rings. The van der Waals surface area contributed by atoms with Crippen LogP contribution in [0.5, 0.6) is 0 Å². The Kier molecular flexibility index (Phi) is 71.5. The third-order valence-corrected chi connectivity index (χ3v) is 1.29. The first-order valence-electron chi connectivity index (χ1n) is 7.11. The normalized spacial score (nSPS) is 7.70. The van der Waals surface area contributed by atoms with Crippen LogP contribution in [-0.4, -0.2) is 42.3 Å². The fraction of sp³-hybridized carbons (Fsp3) is 0.579. The molecule has 0 aliphatic rings. The molecular formula is C19H39N3Ti. The Morgan fingerprint density at radius 2 is 1.09 bits per heavy atom. The van der Waals surface area contributed by atoms with Gasteiger partial charge in [-0.3, -0.25) is 6.58 Å². The van der Waals surface area contributed by atoms with Crippen LogP contribution in [0, 0.1) is 6.58 Å². The molecule has 0 rings (SSSR count). The topological polar surface area (TPSA) is 42.3 Å². The zero-order valence-corrected chi connectivity index (χ0v) is 18.9. The average Bonchev–Trinajstić information content (AvgIpc) is 2.39. The second kappa shape index (κ2) is 43.0. The predicted octanol–water partition coefficient (Wildman–Crippen LogP) is 6.33. The van der Waals surface area contributed by atoms with Gasteiger partial charge in [0.2, 0.25) is 0 Å². The molecule has 0 radical (unpaired) electrons. The Morgan fingerprint density at radius 3 is 1.09 bits per heavy atom. The molecule has 3 nitrogen and oxygen atoms in total. The fourth-order valence-corrected chi connectivity index (χ4v) is 0.573. The van der Waals surface area contributed by atoms with E-state index in [0.29, 0.717) is 0 Å². The van der Waals surface area contributed by atoms with Crippen LogP contribution in [0.25, 0.3) is 16.0 Å². The molecule has 0 spiro atoms. The van der Waals surface area contributed by atoms with Gasteiger partial charge in [0, 0.05) is 0 Å². The van der Waals surface area contributed by atoms with Crippen molar-refractivity contribution in [1.29, 1.82) is 0 Å². The summed E-state index contributed by atoms with van der Waals surface area (Å²) in [5, 5.41) is 10.5. The van der Waals surface area contributed by atoms with Crippen molar-refractivity contribution in [2.75, 3.05) is 42.3 Å². The Bertz CT molecular complexity index is 261. The minimum absolute atomic E-state index is 0. The first-order valence-corrected chi connectivity index (χ1v) is 7.11. The zero-order valence-electron chi connectivity index (χ0n) is 17.4. The van der Waals surface area contributed by atoms with E-state index in [1.165, 1.54) is 11.1 Å². The summed E-state index contributed by atoms with van der Waals surface area (Å²) in [6.45, 7) is 18.8. The summed E-state index contributed by atoms with van der Waals surface area (Å²) in [5.41, 5.74) is 3.36. The van der Waals surface area contributed by atoms with Crippen LogP contribution in [0.4, 0.5) is 0 Å². The Hall–Kier alpha value is -0.446. The molecule has 0 aromatic heterocycles. The van der Waals surface area contributed by atoms with Gasteiger partial charge in [0.15, 0.2) is 0 Å². The number of nitrogens with zero attached hydrogens (tertiary/aromatic N) is 3. The van der Waals surface area contributed by atoms with Gasteiger partial charge >= 0.3 is 21.7 Å². The molecule has 0 N–H and O–H groups in total. The molecule has 4 heteroatoms. The van der Waals surface area contributed by atoms with Gasteiger partial charge in [-0.05, 0) is 13.8 Å². The first kappa shape index (κ1) is 38.2. The van der Waals surface area contributed by atoms with E-state index in [0.717, 1.165) is 5.57 Å². The maximum atomic E-state index is 5.33. The van der Waals surface area contributed by atoms with E-state index in [1.807, 2.05) is 52.8 Å². The summed E-state index contributed by atoms with van der Waals surface area (Å²) in [4.78, 5) is 0. The standard InChI is InChI=1S/C7H11.C6H10.3C2H6N.Ti/c1-6(2)5-7(3)4;1-4-6(3)5-2;3*1-3-2;/h1,5H,2-4H3;4-5H,1H2,2-3H3;3*1-2H3;/q-1;;3*-1;+4. The van der Waals surface area contributed by atoms with Crippen molar-refractivity contribution in [3.63, 3.8) is 0 Å². The van der Waals surface area contributed by atoms with Crippen LogP contribution in [0.1, 0.15) is 34.6 Å². The minimum Gasteiger partial charge on any atom is -0.668 e. The summed E-state index contributed by atoms with van der Waals surface area (Å²) < 4.78 is 0. The Morgan fingerprint density at radius 1 is 0.826 bits per heavy atom. The van der Waals surface area contributed by atoms with Gasteiger partial charge in [-0.2, -0.15) is 47.9 Å². The molecule has 0 heterocycles. The maximum absolute atomic E-state index is 5.33. The van der Waals surface area contributed by atoms with Crippen molar-refractivity contribution in [3.8, 4) is 0 Å². The predicted molar refractivity (Wildman–Crippen MR) is 108 cm³/mol. The molecule has 0 aromatic carbocycles. The van der Waals surface area contributed by atoms with Crippen molar-refractivity contribution in [2.45, 2.75) is 34.6 Å². The van der Waals surface area contributed by atoms with E-state index in [-0.39, 0.29) is 21.7 Å². The molecule has 23 heavy (non-hydrogen) atoms. The van der Waals surface area contributed by atoms with Crippen LogP contribution in [-0.2, 0) is 21.7 Å². The van der Waals surface area contributed by atoms with E-state index in [9.17, 15) is 0 Å². The molecule has 0 fully saturated rings. The van der Waals surface area contributed by atoms with Crippen LogP contribution in [0.15, 0.2) is 41.5 Å². The van der Waals surface area contributed by atoms with Crippen molar-refractivity contribution >= 4 is 0 Å². The molecule has 0 atom stereocenters. The zero-order chi connectivity index (χ0) is 19.0. The van der Waals surface area contributed by atoms with Crippen molar-refractivity contribution in [1.82, 2.24) is 0 Å². The second-order valence-corrected chi connectivity index (χ2v) is 4.54. The summed E-state index contributed by atoms with van der Waals surface area (Å²) >= 11 is 0. The van der Waals surface area contributed by atoms with E-state index in [1.54, 1.807) is 42.3 Å². The monoisotopic (exact) mass is 357 g/mol. The number of hydrogen-bond donors (Lipinski definition) is 0. The van der Waals surface area contributed by atoms with Crippen LogP contribution >= 0.6 is 0 Å². The van der Waals surface area contributed by atoms with Gasteiger partial charge in [0.05, 0.1) is 0 Å². The summed E-state index contributed by atoms with van der Waals surface area (Å²) in [6.07, 6.45) is 5.80. The largest absolute Gasteiger partial charge is 4.00 e. The van der Waals surface area contributed by atoms with Gasteiger partial charge in [-0.1, -0.05) is 45.1 Å². The molecule has 0 saturated heterocycles. The second-order valence-electron chi connectivity index (χ2n) is 4.54. The molecule has 0 saturated carbocycles. The molecule has 0 bridgehead atoms. The Labute approximate surface area is 162 Å². The third-order valence-electron chi connectivity index (χ3n) is 1.29. The first-order chi connectivity index (χ1) is 10.2. The van der Waals surface area contributed by atoms with Crippen LogP contribution < -0.4 is 0 Å². The third kappa shape index (κ3) is 144. The van der Waals surface area contributed by atoms with Gasteiger partial charge in [0.1, 0.15) is 0 Å². The van der Waals surface area contributed by atoms with Gasteiger partial charge < -0.3 is 16.0 Å². The number of hydrogen-bond acceptors (Lipinski definition) is 0. The molecule has 134 valence electrons. The van der Waals surface area contributed by atoms with Gasteiger partial charge in [0.25, 0.3) is 0 Å². The van der Waals surface area contributed by atoms with Crippen molar-refractivity contribution in [3.05, 3.63) is 64.1 Å². The van der Waals surface area contributed by atoms with E-state index in [4.69, 9.17) is 6.58 Å². The molecule has 0 aliphatic carbocycles. The van der Waals surface area contributed by atoms with Gasteiger partial charge in [-0.25, -0.2) is 11.6 Å². The van der Waals surface area contributed by atoms with Crippen LogP contribution in [0.3, 0.4) is 0 Å². The van der Waals surface area contributed by atoms with E-state index >= 15 is 0 Å². The van der Waals surface area contributed by atoms with E-state index < -0.39 is 0 Å². The maximum Gasteiger partial charge on any atom is 4.00 e. The molecular weight excluding hydrogens is 318 g/mol. The smallest absolute Gasteiger partial charge is 0.668 e. The minimum atomic E-state index is 0. The quantitative estimate of drug-likeness (QED) is 0.315. The van der Waals surface area contributed by atoms with Crippen molar-refractivity contribution < 1.29 is 21.7 Å². The molecule has 0 unspecified atom stereocenters.